The Hall–Kier alpha value is -2.10. The average Bonchev–Trinajstić information content (AvgIpc) is 2.68. The maximum absolute atomic E-state index is 4.86. The van der Waals surface area contributed by atoms with Crippen molar-refractivity contribution >= 4 is 12.4 Å². The minimum absolute atomic E-state index is 0.552. The minimum Gasteiger partial charge on any atom is -0.386 e. The van der Waals surface area contributed by atoms with E-state index in [0.717, 1.165) is 50.4 Å². The predicted molar refractivity (Wildman–Crippen MR) is 118 cm³/mol. The fourth-order valence-electron chi connectivity index (χ4n) is 3.85. The summed E-state index contributed by atoms with van der Waals surface area (Å²) in [6.45, 7) is 13.0. The van der Waals surface area contributed by atoms with Gasteiger partial charge in [0.2, 0.25) is 0 Å². The summed E-state index contributed by atoms with van der Waals surface area (Å²) in [5.74, 6) is 1.03. The summed E-state index contributed by atoms with van der Waals surface area (Å²) in [4.78, 5) is 11.9. The van der Waals surface area contributed by atoms with Crippen molar-refractivity contribution in [3.8, 4) is 0 Å². The molecule has 2 rings (SSSR count). The number of likely N-dealkylation sites (tertiary alicyclic amines) is 1. The van der Waals surface area contributed by atoms with E-state index in [1.165, 1.54) is 30.4 Å². The van der Waals surface area contributed by atoms with Crippen molar-refractivity contribution in [1.82, 2.24) is 10.2 Å². The summed E-state index contributed by atoms with van der Waals surface area (Å²) in [6.07, 6.45) is 17.5. The van der Waals surface area contributed by atoms with Crippen LogP contribution in [-0.4, -0.2) is 43.0 Å². The lowest BCUT2D eigenvalue weighted by Gasteiger charge is -2.38. The van der Waals surface area contributed by atoms with Gasteiger partial charge in [-0.3, -0.25) is 4.99 Å². The molecule has 2 heterocycles. The highest BCUT2D eigenvalue weighted by Crippen LogP contribution is 2.27. The monoisotopic (exact) mass is 368 g/mol. The molecule has 0 aromatic heterocycles. The zero-order valence-corrected chi connectivity index (χ0v) is 17.4. The zero-order valence-electron chi connectivity index (χ0n) is 17.4. The summed E-state index contributed by atoms with van der Waals surface area (Å²) in [5, 5.41) is 3.49. The topological polar surface area (TPSA) is 40.0 Å². The molecule has 1 atom stereocenters. The number of hydrogen-bond donors (Lipinski definition) is 1. The Labute approximate surface area is 165 Å². The molecule has 0 radical (unpaired) electrons. The summed E-state index contributed by atoms with van der Waals surface area (Å²) in [5.41, 5.74) is 3.56. The summed E-state index contributed by atoms with van der Waals surface area (Å²) in [6, 6.07) is 0.552. The van der Waals surface area contributed by atoms with Gasteiger partial charge in [-0.25, -0.2) is 4.99 Å². The first-order valence-corrected chi connectivity index (χ1v) is 10.4. The largest absolute Gasteiger partial charge is 0.386 e. The zero-order chi connectivity index (χ0) is 19.5. The Morgan fingerprint density at radius 2 is 2.15 bits per heavy atom. The van der Waals surface area contributed by atoms with E-state index in [0.29, 0.717) is 6.04 Å². The van der Waals surface area contributed by atoms with E-state index in [9.17, 15) is 0 Å². The molecule has 148 valence electrons. The Kier molecular flexibility index (Phi) is 9.09. The Morgan fingerprint density at radius 1 is 1.30 bits per heavy atom. The summed E-state index contributed by atoms with van der Waals surface area (Å²) >= 11 is 0. The Bertz CT molecular complexity index is 637. The van der Waals surface area contributed by atoms with Gasteiger partial charge in [-0.1, -0.05) is 31.2 Å². The highest BCUT2D eigenvalue weighted by atomic mass is 15.2. The van der Waals surface area contributed by atoms with E-state index in [2.05, 4.69) is 73.2 Å². The first kappa shape index (κ1) is 21.2. The van der Waals surface area contributed by atoms with Gasteiger partial charge in [0.15, 0.2) is 0 Å². The second kappa shape index (κ2) is 11.6. The van der Waals surface area contributed by atoms with Crippen LogP contribution in [0.1, 0.15) is 59.3 Å². The van der Waals surface area contributed by atoms with Crippen molar-refractivity contribution in [3.05, 3.63) is 47.5 Å². The number of allylic oxidation sites excluding steroid dienone is 5. The van der Waals surface area contributed by atoms with Crippen LogP contribution in [-0.2, 0) is 0 Å². The number of nitrogens with zero attached hydrogens (tertiary/aromatic N) is 3. The number of rotatable bonds is 4. The van der Waals surface area contributed by atoms with Gasteiger partial charge in [0.05, 0.1) is 0 Å². The Balaban J connectivity index is 2.46. The van der Waals surface area contributed by atoms with Crippen LogP contribution < -0.4 is 5.32 Å². The molecular weight excluding hydrogens is 332 g/mol. The second-order valence-corrected chi connectivity index (χ2v) is 7.23. The molecule has 4 heteroatoms. The van der Waals surface area contributed by atoms with Gasteiger partial charge in [-0.2, -0.15) is 0 Å². The van der Waals surface area contributed by atoms with Crippen LogP contribution in [0.5, 0.6) is 0 Å². The predicted octanol–water partition coefficient (Wildman–Crippen LogP) is 5.02. The normalized spacial score (nSPS) is 29.6. The van der Waals surface area contributed by atoms with Crippen molar-refractivity contribution in [2.75, 3.05) is 19.6 Å². The molecule has 1 unspecified atom stereocenters. The van der Waals surface area contributed by atoms with Crippen molar-refractivity contribution in [3.63, 3.8) is 0 Å². The van der Waals surface area contributed by atoms with Crippen LogP contribution in [0.3, 0.4) is 0 Å². The molecule has 0 aromatic rings. The van der Waals surface area contributed by atoms with Crippen LogP contribution >= 0.6 is 0 Å². The van der Waals surface area contributed by atoms with Crippen LogP contribution in [0.25, 0.3) is 0 Å². The second-order valence-electron chi connectivity index (χ2n) is 7.23. The van der Waals surface area contributed by atoms with E-state index < -0.39 is 0 Å². The quantitative estimate of drug-likeness (QED) is 0.708. The molecule has 1 N–H and O–H groups in total. The van der Waals surface area contributed by atoms with E-state index in [1.807, 2.05) is 0 Å². The first-order valence-electron chi connectivity index (χ1n) is 10.4. The first-order chi connectivity index (χ1) is 13.2. The SMILES string of the molecule is C=N/C(=C1/CN/C=C(C)/C=C\C=C/CCC1=NCC)N1CCCCC1CC. The number of aliphatic imine (C=N–C) groups is 2. The third kappa shape index (κ3) is 6.23. The van der Waals surface area contributed by atoms with Gasteiger partial charge in [0.25, 0.3) is 0 Å². The maximum atomic E-state index is 4.86. The van der Waals surface area contributed by atoms with E-state index in [4.69, 9.17) is 4.99 Å². The van der Waals surface area contributed by atoms with Gasteiger partial charge in [-0.15, -0.1) is 0 Å². The van der Waals surface area contributed by atoms with Crippen LogP contribution in [0, 0.1) is 0 Å². The van der Waals surface area contributed by atoms with E-state index in [-0.39, 0.29) is 0 Å². The molecule has 2 aliphatic heterocycles. The molecule has 2 aliphatic rings. The molecule has 0 aromatic carbocycles. The highest BCUT2D eigenvalue weighted by molar-refractivity contribution is 6.01. The molecule has 27 heavy (non-hydrogen) atoms. The lowest BCUT2D eigenvalue weighted by atomic mass is 9.98. The smallest absolute Gasteiger partial charge is 0.134 e. The molecule has 1 fully saturated rings. The van der Waals surface area contributed by atoms with Gasteiger partial charge >= 0.3 is 0 Å². The molecule has 0 amide bonds. The van der Waals surface area contributed by atoms with Crippen molar-refractivity contribution < 1.29 is 0 Å². The molecule has 0 spiro atoms. The van der Waals surface area contributed by atoms with Crippen molar-refractivity contribution in [2.24, 2.45) is 9.98 Å². The molecule has 4 nitrogen and oxygen atoms in total. The van der Waals surface area contributed by atoms with Gasteiger partial charge in [0, 0.05) is 37.0 Å². The molecule has 0 bridgehead atoms. The lowest BCUT2D eigenvalue weighted by Crippen LogP contribution is -2.39. The van der Waals surface area contributed by atoms with Crippen molar-refractivity contribution in [2.45, 2.75) is 65.3 Å². The Morgan fingerprint density at radius 3 is 2.89 bits per heavy atom. The molecule has 0 saturated carbocycles. The number of piperidine rings is 1. The van der Waals surface area contributed by atoms with Crippen LogP contribution in [0.4, 0.5) is 0 Å². The number of nitrogens with one attached hydrogen (secondary N) is 1. The minimum atomic E-state index is 0.552. The van der Waals surface area contributed by atoms with Gasteiger partial charge in [-0.05, 0) is 70.9 Å². The average molecular weight is 369 g/mol. The molecule has 0 aliphatic carbocycles. The van der Waals surface area contributed by atoms with E-state index in [1.54, 1.807) is 0 Å². The number of hydrogen-bond acceptors (Lipinski definition) is 4. The van der Waals surface area contributed by atoms with Crippen LogP contribution in [0.2, 0.25) is 0 Å². The third-order valence-corrected chi connectivity index (χ3v) is 5.25. The highest BCUT2D eigenvalue weighted by Gasteiger charge is 2.26. The maximum Gasteiger partial charge on any atom is 0.134 e. The molecule has 1 saturated heterocycles. The summed E-state index contributed by atoms with van der Waals surface area (Å²) < 4.78 is 0. The lowest BCUT2D eigenvalue weighted by molar-refractivity contribution is 0.186. The van der Waals surface area contributed by atoms with Crippen LogP contribution in [0.15, 0.2) is 57.5 Å². The van der Waals surface area contributed by atoms with Gasteiger partial charge in [0.1, 0.15) is 5.82 Å². The summed E-state index contributed by atoms with van der Waals surface area (Å²) in [7, 11) is 0. The fraction of sp³-hybridized carbons (Fsp3) is 0.565. The van der Waals surface area contributed by atoms with Crippen molar-refractivity contribution in [1.29, 1.82) is 0 Å². The molecular formula is C23H36N4. The third-order valence-electron chi connectivity index (χ3n) is 5.25. The van der Waals surface area contributed by atoms with Gasteiger partial charge < -0.3 is 10.2 Å². The van der Waals surface area contributed by atoms with E-state index >= 15 is 0 Å². The standard InChI is InChI=1S/C23H36N4/c1-5-20-14-11-12-16-27(20)23(24-4)21-18-25-17-19(3)13-9-7-8-10-15-22(21)26-6-2/h7-9,13,17,20,25H,4-6,10-12,14-16,18H2,1-3H3/b8-7-,13-9-,19-17+,23-21+,26-22?. The fourth-order valence-corrected chi connectivity index (χ4v) is 3.85.